The molecule has 0 saturated carbocycles. The van der Waals surface area contributed by atoms with E-state index in [1.807, 2.05) is 0 Å². The van der Waals surface area contributed by atoms with Crippen LogP contribution in [0.2, 0.25) is 0 Å². The van der Waals surface area contributed by atoms with Gasteiger partial charge < -0.3 is 5.11 Å². The van der Waals surface area contributed by atoms with E-state index in [9.17, 15) is 9.90 Å². The van der Waals surface area contributed by atoms with Crippen molar-refractivity contribution in [3.63, 3.8) is 0 Å². The lowest BCUT2D eigenvalue weighted by Gasteiger charge is -2.00. The average molecular weight is 308 g/mol. The third-order valence-electron chi connectivity index (χ3n) is 1.53. The van der Waals surface area contributed by atoms with Crippen LogP contribution >= 0.6 is 31.9 Å². The summed E-state index contributed by atoms with van der Waals surface area (Å²) in [7, 11) is 0. The maximum absolute atomic E-state index is 11.4. The lowest BCUT2D eigenvalue weighted by Crippen LogP contribution is -1.99. The first kappa shape index (κ1) is 10.7. The fraction of sp³-hybridized carbons (Fsp3) is 0.222. The van der Waals surface area contributed by atoms with Crippen molar-refractivity contribution in [2.75, 3.05) is 5.33 Å². The van der Waals surface area contributed by atoms with Crippen molar-refractivity contribution in [1.82, 2.24) is 0 Å². The number of phenols is 1. The zero-order chi connectivity index (χ0) is 9.84. The number of rotatable bonds is 3. The zero-order valence-corrected chi connectivity index (χ0v) is 9.93. The molecular formula is C9H8Br2O2. The van der Waals surface area contributed by atoms with Crippen LogP contribution in [-0.2, 0) is 0 Å². The third-order valence-corrected chi connectivity index (χ3v) is 2.38. The van der Waals surface area contributed by atoms with E-state index in [0.717, 1.165) is 0 Å². The van der Waals surface area contributed by atoms with Gasteiger partial charge in [-0.3, -0.25) is 4.79 Å². The molecule has 0 aliphatic heterocycles. The average Bonchev–Trinajstić information content (AvgIpc) is 2.03. The number of carbonyl (C=O) groups is 1. The number of aromatic hydroxyl groups is 1. The molecule has 70 valence electrons. The van der Waals surface area contributed by atoms with E-state index in [0.29, 0.717) is 21.8 Å². The molecule has 1 rings (SSSR count). The van der Waals surface area contributed by atoms with Gasteiger partial charge in [-0.2, -0.15) is 0 Å². The highest BCUT2D eigenvalue weighted by Gasteiger charge is 2.06. The Kier molecular flexibility index (Phi) is 3.93. The largest absolute Gasteiger partial charge is 0.508 e. The van der Waals surface area contributed by atoms with Crippen LogP contribution in [0.1, 0.15) is 16.8 Å². The molecule has 1 N–H and O–H groups in total. The van der Waals surface area contributed by atoms with Crippen molar-refractivity contribution in [3.8, 4) is 5.75 Å². The van der Waals surface area contributed by atoms with E-state index in [1.54, 1.807) is 12.1 Å². The molecule has 0 atom stereocenters. The van der Waals surface area contributed by atoms with Crippen LogP contribution in [0.25, 0.3) is 0 Å². The maximum Gasteiger partial charge on any atom is 0.163 e. The number of halogens is 2. The van der Waals surface area contributed by atoms with Gasteiger partial charge in [-0.15, -0.1) is 0 Å². The van der Waals surface area contributed by atoms with Crippen LogP contribution in [0.4, 0.5) is 0 Å². The van der Waals surface area contributed by atoms with E-state index < -0.39 is 0 Å². The first-order chi connectivity index (χ1) is 6.13. The minimum Gasteiger partial charge on any atom is -0.508 e. The van der Waals surface area contributed by atoms with Crippen molar-refractivity contribution < 1.29 is 9.90 Å². The molecule has 1 aromatic rings. The predicted molar refractivity (Wildman–Crippen MR) is 58.5 cm³/mol. The van der Waals surface area contributed by atoms with Gasteiger partial charge in [0.05, 0.1) is 0 Å². The summed E-state index contributed by atoms with van der Waals surface area (Å²) in [6.07, 6.45) is 0.440. The summed E-state index contributed by atoms with van der Waals surface area (Å²) in [6.45, 7) is 0. The Balaban J connectivity index is 2.94. The van der Waals surface area contributed by atoms with Gasteiger partial charge >= 0.3 is 0 Å². The van der Waals surface area contributed by atoms with Crippen LogP contribution < -0.4 is 0 Å². The number of ketones is 1. The molecule has 13 heavy (non-hydrogen) atoms. The molecule has 2 nitrogen and oxygen atoms in total. The Labute approximate surface area is 93.2 Å². The summed E-state index contributed by atoms with van der Waals surface area (Å²) in [5, 5.41) is 9.86. The molecule has 0 spiro atoms. The Morgan fingerprint density at radius 3 is 2.62 bits per heavy atom. The lowest BCUT2D eigenvalue weighted by molar-refractivity contribution is 0.0989. The third kappa shape index (κ3) is 3.12. The predicted octanol–water partition coefficient (Wildman–Crippen LogP) is 3.12. The van der Waals surface area contributed by atoms with Crippen molar-refractivity contribution in [1.29, 1.82) is 0 Å². The second-order valence-corrected chi connectivity index (χ2v) is 4.27. The van der Waals surface area contributed by atoms with E-state index in [-0.39, 0.29) is 11.5 Å². The second-order valence-electron chi connectivity index (χ2n) is 2.56. The number of carbonyl (C=O) groups excluding carboxylic acids is 1. The topological polar surface area (TPSA) is 37.3 Å². The summed E-state index contributed by atoms with van der Waals surface area (Å²) in [5.41, 5.74) is 0.534. The maximum atomic E-state index is 11.4. The Morgan fingerprint density at radius 1 is 1.38 bits per heavy atom. The van der Waals surface area contributed by atoms with Crippen molar-refractivity contribution in [2.45, 2.75) is 6.42 Å². The van der Waals surface area contributed by atoms with Crippen LogP contribution in [0, 0.1) is 0 Å². The Hall–Kier alpha value is -0.350. The van der Waals surface area contributed by atoms with Gasteiger partial charge in [0.2, 0.25) is 0 Å². The van der Waals surface area contributed by atoms with E-state index in [1.165, 1.54) is 6.07 Å². The van der Waals surface area contributed by atoms with E-state index >= 15 is 0 Å². The van der Waals surface area contributed by atoms with Crippen LogP contribution in [-0.4, -0.2) is 16.2 Å². The summed E-state index contributed by atoms with van der Waals surface area (Å²) < 4.78 is 0.713. The quantitative estimate of drug-likeness (QED) is 0.688. The van der Waals surface area contributed by atoms with Crippen molar-refractivity contribution in [2.24, 2.45) is 0 Å². The SMILES string of the molecule is O=C(CCBr)c1cc(O)cc(Br)c1. The first-order valence-electron chi connectivity index (χ1n) is 3.72. The smallest absolute Gasteiger partial charge is 0.163 e. The highest BCUT2D eigenvalue weighted by atomic mass is 79.9. The van der Waals surface area contributed by atoms with Gasteiger partial charge in [-0.1, -0.05) is 31.9 Å². The monoisotopic (exact) mass is 306 g/mol. The van der Waals surface area contributed by atoms with Crippen LogP contribution in [0.15, 0.2) is 22.7 Å². The first-order valence-corrected chi connectivity index (χ1v) is 5.63. The molecule has 1 aromatic carbocycles. The number of Topliss-reactive ketones (excluding diaryl/α,β-unsaturated/α-hetero) is 1. The van der Waals surface area contributed by atoms with Gasteiger partial charge in [0, 0.05) is 21.8 Å². The zero-order valence-electron chi connectivity index (χ0n) is 6.76. The van der Waals surface area contributed by atoms with E-state index in [2.05, 4.69) is 31.9 Å². The minimum absolute atomic E-state index is 0.0217. The summed E-state index contributed by atoms with van der Waals surface area (Å²) >= 11 is 6.40. The summed E-state index contributed by atoms with van der Waals surface area (Å²) in [6, 6.07) is 4.71. The highest BCUT2D eigenvalue weighted by Crippen LogP contribution is 2.21. The van der Waals surface area contributed by atoms with Gasteiger partial charge in [0.1, 0.15) is 5.75 Å². The Bertz CT molecular complexity index is 303. The van der Waals surface area contributed by atoms with Gasteiger partial charge in [0.25, 0.3) is 0 Å². The normalized spacial score (nSPS) is 10.0. The highest BCUT2D eigenvalue weighted by molar-refractivity contribution is 9.10. The molecule has 0 saturated heterocycles. The number of alkyl halides is 1. The minimum atomic E-state index is 0.0217. The molecule has 0 heterocycles. The van der Waals surface area contributed by atoms with E-state index in [4.69, 9.17) is 0 Å². The van der Waals surface area contributed by atoms with Gasteiger partial charge in [0.15, 0.2) is 5.78 Å². The lowest BCUT2D eigenvalue weighted by atomic mass is 10.1. The van der Waals surface area contributed by atoms with Crippen molar-refractivity contribution >= 4 is 37.6 Å². The number of hydrogen-bond acceptors (Lipinski definition) is 2. The number of hydrogen-bond donors (Lipinski definition) is 1. The second kappa shape index (κ2) is 4.77. The summed E-state index contributed by atoms with van der Waals surface area (Å²) in [5.74, 6) is 0.126. The fourth-order valence-corrected chi connectivity index (χ4v) is 1.81. The summed E-state index contributed by atoms with van der Waals surface area (Å²) in [4.78, 5) is 11.4. The molecule has 0 unspecified atom stereocenters. The molecule has 0 radical (unpaired) electrons. The Morgan fingerprint density at radius 2 is 2.08 bits per heavy atom. The standard InChI is InChI=1S/C9H8Br2O2/c10-2-1-9(13)6-3-7(11)5-8(12)4-6/h3-5,12H,1-2H2. The molecule has 0 bridgehead atoms. The molecule has 0 aliphatic rings. The van der Waals surface area contributed by atoms with Crippen LogP contribution in [0.5, 0.6) is 5.75 Å². The fourth-order valence-electron chi connectivity index (χ4n) is 0.965. The van der Waals surface area contributed by atoms with Crippen molar-refractivity contribution in [3.05, 3.63) is 28.2 Å². The molecule has 4 heteroatoms. The molecular weight excluding hydrogens is 300 g/mol. The number of phenolic OH excluding ortho intramolecular Hbond substituents is 1. The molecule has 0 aliphatic carbocycles. The molecule has 0 amide bonds. The van der Waals surface area contributed by atoms with Gasteiger partial charge in [-0.25, -0.2) is 0 Å². The molecule has 0 fully saturated rings. The van der Waals surface area contributed by atoms with Gasteiger partial charge in [-0.05, 0) is 18.2 Å². The molecule has 0 aromatic heterocycles. The van der Waals surface area contributed by atoms with Crippen LogP contribution in [0.3, 0.4) is 0 Å². The number of benzene rings is 1.